The molecule has 0 saturated heterocycles. The van der Waals surface area contributed by atoms with E-state index >= 15 is 0 Å². The van der Waals surface area contributed by atoms with Crippen molar-refractivity contribution in [2.45, 2.75) is 34.6 Å². The van der Waals surface area contributed by atoms with Gasteiger partial charge in [-0.1, -0.05) is 12.2 Å². The first-order valence-corrected chi connectivity index (χ1v) is 8.45. The molecule has 0 saturated carbocycles. The van der Waals surface area contributed by atoms with Crippen LogP contribution in [0.25, 0.3) is 0 Å². The molecule has 0 atom stereocenters. The Morgan fingerprint density at radius 1 is 1.25 bits per heavy atom. The van der Waals surface area contributed by atoms with Crippen LogP contribution < -0.4 is 5.32 Å². The van der Waals surface area contributed by atoms with Crippen LogP contribution in [0.3, 0.4) is 0 Å². The maximum absolute atomic E-state index is 12.4. The summed E-state index contributed by atoms with van der Waals surface area (Å²) < 4.78 is 5.17. The standard InChI is InChI=1S/C17H24N2O4S/c1-7-19(8-10(2)3)14(21)9-23-17(22)15-11(4)12(5)24-16(15)18-13(6)20/h2,7-9H2,1,3-6H3,(H,18,20). The largest absolute Gasteiger partial charge is 0.452 e. The minimum Gasteiger partial charge on any atom is -0.452 e. The summed E-state index contributed by atoms with van der Waals surface area (Å²) >= 11 is 1.31. The zero-order chi connectivity index (χ0) is 18.4. The summed E-state index contributed by atoms with van der Waals surface area (Å²) in [6.07, 6.45) is 0. The number of hydrogen-bond acceptors (Lipinski definition) is 5. The Balaban J connectivity index is 2.83. The van der Waals surface area contributed by atoms with Crippen molar-refractivity contribution in [1.82, 2.24) is 4.90 Å². The summed E-state index contributed by atoms with van der Waals surface area (Å²) in [7, 11) is 0. The third-order valence-electron chi connectivity index (χ3n) is 3.40. The Bertz CT molecular complexity index is 664. The maximum atomic E-state index is 12.4. The van der Waals surface area contributed by atoms with E-state index in [2.05, 4.69) is 11.9 Å². The van der Waals surface area contributed by atoms with Gasteiger partial charge >= 0.3 is 5.97 Å². The van der Waals surface area contributed by atoms with E-state index in [9.17, 15) is 14.4 Å². The van der Waals surface area contributed by atoms with Gasteiger partial charge in [0.2, 0.25) is 5.91 Å². The van der Waals surface area contributed by atoms with Crippen molar-refractivity contribution in [2.24, 2.45) is 0 Å². The summed E-state index contributed by atoms with van der Waals surface area (Å²) in [6, 6.07) is 0. The van der Waals surface area contributed by atoms with Crippen molar-refractivity contribution in [2.75, 3.05) is 25.0 Å². The van der Waals surface area contributed by atoms with Crippen LogP contribution in [-0.4, -0.2) is 42.4 Å². The monoisotopic (exact) mass is 352 g/mol. The van der Waals surface area contributed by atoms with Gasteiger partial charge in [-0.2, -0.15) is 0 Å². The van der Waals surface area contributed by atoms with E-state index in [0.29, 0.717) is 23.7 Å². The lowest BCUT2D eigenvalue weighted by atomic mass is 10.1. The Kier molecular flexibility index (Phi) is 7.16. The summed E-state index contributed by atoms with van der Waals surface area (Å²) in [5.74, 6) is -1.15. The number of thiophene rings is 1. The molecule has 0 aromatic carbocycles. The average molecular weight is 352 g/mol. The van der Waals surface area contributed by atoms with Crippen LogP contribution >= 0.6 is 11.3 Å². The predicted octanol–water partition coefficient (Wildman–Crippen LogP) is 2.90. The quantitative estimate of drug-likeness (QED) is 0.605. The van der Waals surface area contributed by atoms with E-state index in [1.807, 2.05) is 20.8 Å². The fourth-order valence-corrected chi connectivity index (χ4v) is 3.21. The Morgan fingerprint density at radius 2 is 1.88 bits per heavy atom. The molecule has 1 N–H and O–H groups in total. The molecule has 0 radical (unpaired) electrons. The topological polar surface area (TPSA) is 75.7 Å². The summed E-state index contributed by atoms with van der Waals surface area (Å²) in [5.41, 5.74) is 1.91. The molecule has 0 fully saturated rings. The number of ether oxygens (including phenoxy) is 1. The van der Waals surface area contributed by atoms with Gasteiger partial charge in [0.15, 0.2) is 6.61 Å². The van der Waals surface area contributed by atoms with Crippen LogP contribution in [0.15, 0.2) is 12.2 Å². The van der Waals surface area contributed by atoms with Crippen LogP contribution in [0.2, 0.25) is 0 Å². The highest BCUT2D eigenvalue weighted by Gasteiger charge is 2.23. The van der Waals surface area contributed by atoms with E-state index in [0.717, 1.165) is 16.0 Å². The molecule has 0 bridgehead atoms. The second-order valence-electron chi connectivity index (χ2n) is 5.61. The third-order valence-corrected chi connectivity index (χ3v) is 4.52. The van der Waals surface area contributed by atoms with E-state index in [-0.39, 0.29) is 18.4 Å². The van der Waals surface area contributed by atoms with Gasteiger partial charge in [-0.05, 0) is 33.3 Å². The number of aryl methyl sites for hydroxylation is 1. The SMILES string of the molecule is C=C(C)CN(CC)C(=O)COC(=O)c1c(NC(C)=O)sc(C)c1C. The molecule has 6 nitrogen and oxygen atoms in total. The summed E-state index contributed by atoms with van der Waals surface area (Å²) in [4.78, 5) is 38.3. The smallest absolute Gasteiger partial charge is 0.341 e. The molecule has 1 rings (SSSR count). The lowest BCUT2D eigenvalue weighted by Gasteiger charge is -2.20. The second kappa shape index (κ2) is 8.63. The second-order valence-corrected chi connectivity index (χ2v) is 6.83. The molecule has 24 heavy (non-hydrogen) atoms. The van der Waals surface area contributed by atoms with Gasteiger partial charge in [0, 0.05) is 24.9 Å². The first-order chi connectivity index (χ1) is 11.2. The van der Waals surface area contributed by atoms with Gasteiger partial charge in [0.1, 0.15) is 5.00 Å². The number of nitrogens with zero attached hydrogens (tertiary/aromatic N) is 1. The number of hydrogen-bond donors (Lipinski definition) is 1. The highest BCUT2D eigenvalue weighted by atomic mass is 32.1. The van der Waals surface area contributed by atoms with Crippen molar-refractivity contribution >= 4 is 34.1 Å². The van der Waals surface area contributed by atoms with Crippen LogP contribution in [0.5, 0.6) is 0 Å². The van der Waals surface area contributed by atoms with Crippen LogP contribution in [0.1, 0.15) is 41.6 Å². The van der Waals surface area contributed by atoms with Crippen LogP contribution in [0, 0.1) is 13.8 Å². The number of carbonyl (C=O) groups excluding carboxylic acids is 3. The minimum absolute atomic E-state index is 0.264. The zero-order valence-electron chi connectivity index (χ0n) is 14.8. The number of amides is 2. The van der Waals surface area contributed by atoms with Crippen molar-refractivity contribution < 1.29 is 19.1 Å². The number of carbonyl (C=O) groups is 3. The number of rotatable bonds is 7. The molecular weight excluding hydrogens is 328 g/mol. The Hall–Kier alpha value is -2.15. The molecule has 0 aliphatic rings. The van der Waals surface area contributed by atoms with E-state index in [1.54, 1.807) is 11.8 Å². The Morgan fingerprint density at radius 3 is 2.38 bits per heavy atom. The van der Waals surface area contributed by atoms with Crippen molar-refractivity contribution in [1.29, 1.82) is 0 Å². The van der Waals surface area contributed by atoms with Gasteiger partial charge in [0.05, 0.1) is 5.56 Å². The molecule has 2 amide bonds. The number of nitrogens with one attached hydrogen (secondary N) is 1. The summed E-state index contributed by atoms with van der Waals surface area (Å²) in [6.45, 7) is 13.1. The van der Waals surface area contributed by atoms with E-state index in [1.165, 1.54) is 18.3 Å². The molecule has 1 heterocycles. The van der Waals surface area contributed by atoms with Gasteiger partial charge in [-0.15, -0.1) is 11.3 Å². The molecule has 0 unspecified atom stereocenters. The minimum atomic E-state index is -0.611. The van der Waals surface area contributed by atoms with Crippen LogP contribution in [0.4, 0.5) is 5.00 Å². The lowest BCUT2D eigenvalue weighted by Crippen LogP contribution is -2.35. The van der Waals surface area contributed by atoms with E-state index in [4.69, 9.17) is 4.74 Å². The molecule has 0 spiro atoms. The summed E-state index contributed by atoms with van der Waals surface area (Å²) in [5, 5.41) is 3.08. The first-order valence-electron chi connectivity index (χ1n) is 7.64. The molecule has 132 valence electrons. The maximum Gasteiger partial charge on any atom is 0.341 e. The molecule has 1 aromatic heterocycles. The molecular formula is C17H24N2O4S. The number of likely N-dealkylation sites (N-methyl/N-ethyl adjacent to an activating group) is 1. The van der Waals surface area contributed by atoms with Crippen LogP contribution in [-0.2, 0) is 14.3 Å². The number of esters is 1. The Labute approximate surface area is 146 Å². The van der Waals surface area contributed by atoms with Gasteiger partial charge < -0.3 is 15.0 Å². The fourth-order valence-electron chi connectivity index (χ4n) is 2.11. The molecule has 1 aromatic rings. The molecule has 7 heteroatoms. The van der Waals surface area contributed by atoms with Crippen molar-refractivity contribution in [3.05, 3.63) is 28.2 Å². The first kappa shape index (κ1) is 19.9. The normalized spacial score (nSPS) is 10.2. The zero-order valence-corrected chi connectivity index (χ0v) is 15.6. The molecule has 0 aliphatic heterocycles. The van der Waals surface area contributed by atoms with E-state index < -0.39 is 5.97 Å². The van der Waals surface area contributed by atoms with Crippen molar-refractivity contribution in [3.63, 3.8) is 0 Å². The predicted molar refractivity (Wildman–Crippen MR) is 95.4 cm³/mol. The van der Waals surface area contributed by atoms with Gasteiger partial charge in [-0.3, -0.25) is 9.59 Å². The lowest BCUT2D eigenvalue weighted by molar-refractivity contribution is -0.133. The molecule has 0 aliphatic carbocycles. The van der Waals surface area contributed by atoms with Gasteiger partial charge in [0.25, 0.3) is 5.91 Å². The average Bonchev–Trinajstić information content (AvgIpc) is 2.75. The highest BCUT2D eigenvalue weighted by molar-refractivity contribution is 7.16. The number of anilines is 1. The van der Waals surface area contributed by atoms with Gasteiger partial charge in [-0.25, -0.2) is 4.79 Å². The fraction of sp³-hybridized carbons (Fsp3) is 0.471. The third kappa shape index (κ3) is 5.19. The highest BCUT2D eigenvalue weighted by Crippen LogP contribution is 2.32. The van der Waals surface area contributed by atoms with Crippen molar-refractivity contribution in [3.8, 4) is 0 Å².